The lowest BCUT2D eigenvalue weighted by Gasteiger charge is -2.21. The molecule has 0 fully saturated rings. The molecule has 0 saturated carbocycles. The number of benzene rings is 3. The molecule has 0 aliphatic carbocycles. The lowest BCUT2D eigenvalue weighted by atomic mass is 9.85. The number of rotatable bonds is 4. The summed E-state index contributed by atoms with van der Waals surface area (Å²) >= 11 is 0. The minimum absolute atomic E-state index is 0.139. The lowest BCUT2D eigenvalue weighted by molar-refractivity contribution is 0.416. The highest BCUT2D eigenvalue weighted by atomic mass is 16.5. The van der Waals surface area contributed by atoms with Crippen LogP contribution in [0.1, 0.15) is 37.5 Å². The predicted molar refractivity (Wildman–Crippen MR) is 117 cm³/mol. The normalized spacial score (nSPS) is 11.8. The zero-order chi connectivity index (χ0) is 20.3. The van der Waals surface area contributed by atoms with Crippen molar-refractivity contribution in [3.63, 3.8) is 0 Å². The third-order valence-electron chi connectivity index (χ3n) is 4.77. The van der Waals surface area contributed by atoms with E-state index in [1.54, 1.807) is 13.3 Å². The van der Waals surface area contributed by atoms with E-state index in [0.717, 1.165) is 33.7 Å². The Balaban J connectivity index is 2.07. The molecule has 144 valence electrons. The number of phenols is 1. The van der Waals surface area contributed by atoms with Crippen LogP contribution >= 0.6 is 0 Å². The molecule has 0 aliphatic rings. The molecule has 0 radical (unpaired) electrons. The molecule has 3 rings (SSSR count). The quantitative estimate of drug-likeness (QED) is 0.536. The van der Waals surface area contributed by atoms with E-state index in [9.17, 15) is 5.11 Å². The van der Waals surface area contributed by atoms with Crippen molar-refractivity contribution >= 4 is 11.9 Å². The Morgan fingerprint density at radius 1 is 0.929 bits per heavy atom. The van der Waals surface area contributed by atoms with Gasteiger partial charge in [0, 0.05) is 22.9 Å². The van der Waals surface area contributed by atoms with Gasteiger partial charge in [-0.25, -0.2) is 0 Å². The molecule has 3 heteroatoms. The molecule has 0 spiro atoms. The highest BCUT2D eigenvalue weighted by Gasteiger charge is 2.19. The minimum Gasteiger partial charge on any atom is -0.507 e. The molecule has 28 heavy (non-hydrogen) atoms. The molecule has 0 aromatic heterocycles. The van der Waals surface area contributed by atoms with Crippen molar-refractivity contribution in [1.82, 2.24) is 0 Å². The molecule has 0 amide bonds. The molecule has 0 atom stereocenters. The number of para-hydroxylation sites is 2. The zero-order valence-electron chi connectivity index (χ0n) is 17.2. The van der Waals surface area contributed by atoms with Gasteiger partial charge in [-0.2, -0.15) is 0 Å². The number of methoxy groups -OCH3 is 1. The van der Waals surface area contributed by atoms with Crippen LogP contribution in [-0.4, -0.2) is 18.4 Å². The van der Waals surface area contributed by atoms with Crippen molar-refractivity contribution in [1.29, 1.82) is 0 Å². The van der Waals surface area contributed by atoms with Crippen LogP contribution in [0.5, 0.6) is 11.5 Å². The summed E-state index contributed by atoms with van der Waals surface area (Å²) < 4.78 is 5.54. The Kier molecular flexibility index (Phi) is 5.55. The maximum Gasteiger partial charge on any atom is 0.128 e. The Bertz CT molecular complexity index is 1010. The molecule has 3 aromatic carbocycles. The fourth-order valence-corrected chi connectivity index (χ4v) is 3.26. The number of aromatic hydroxyl groups is 1. The highest BCUT2D eigenvalue weighted by Crippen LogP contribution is 2.37. The average Bonchev–Trinajstić information content (AvgIpc) is 2.67. The van der Waals surface area contributed by atoms with E-state index in [1.807, 2.05) is 54.6 Å². The summed E-state index contributed by atoms with van der Waals surface area (Å²) in [5.41, 5.74) is 5.45. The van der Waals surface area contributed by atoms with Gasteiger partial charge in [-0.3, -0.25) is 4.99 Å². The lowest BCUT2D eigenvalue weighted by Crippen LogP contribution is -2.11. The fourth-order valence-electron chi connectivity index (χ4n) is 3.26. The number of aryl methyl sites for hydroxylation is 1. The van der Waals surface area contributed by atoms with Gasteiger partial charge in [0.05, 0.1) is 12.8 Å². The first-order chi connectivity index (χ1) is 13.3. The number of hydrogen-bond donors (Lipinski definition) is 1. The van der Waals surface area contributed by atoms with Crippen LogP contribution in [0.25, 0.3) is 11.1 Å². The summed E-state index contributed by atoms with van der Waals surface area (Å²) in [6.45, 7) is 8.32. The summed E-state index contributed by atoms with van der Waals surface area (Å²) in [7, 11) is 1.67. The van der Waals surface area contributed by atoms with E-state index >= 15 is 0 Å². The summed E-state index contributed by atoms with van der Waals surface area (Å²) in [5.74, 6) is 1.09. The number of phenolic OH excluding ortho intramolecular Hbond substituents is 1. The third kappa shape index (κ3) is 4.09. The molecule has 3 aromatic rings. The van der Waals surface area contributed by atoms with E-state index in [1.165, 1.54) is 0 Å². The van der Waals surface area contributed by atoms with Crippen molar-refractivity contribution in [3.05, 3.63) is 77.4 Å². The van der Waals surface area contributed by atoms with E-state index < -0.39 is 0 Å². The standard InChI is InChI=1S/C25H27NO2/c1-17-13-14-22(20(15-17)19-10-6-7-12-23(19)28-5)26-16-18-9-8-11-21(24(18)27)25(2,3)4/h6-16,27H,1-5H3. The van der Waals surface area contributed by atoms with E-state index in [2.05, 4.69) is 33.8 Å². The van der Waals surface area contributed by atoms with Gasteiger partial charge in [0.1, 0.15) is 11.5 Å². The topological polar surface area (TPSA) is 41.8 Å². The van der Waals surface area contributed by atoms with Crippen LogP contribution in [0.15, 0.2) is 65.7 Å². The summed E-state index contributed by atoms with van der Waals surface area (Å²) in [5, 5.41) is 10.7. The molecule has 3 nitrogen and oxygen atoms in total. The van der Waals surface area contributed by atoms with Gasteiger partial charge in [-0.05, 0) is 42.2 Å². The van der Waals surface area contributed by atoms with E-state index in [0.29, 0.717) is 5.56 Å². The minimum atomic E-state index is -0.139. The van der Waals surface area contributed by atoms with Gasteiger partial charge in [0.2, 0.25) is 0 Å². The van der Waals surface area contributed by atoms with Crippen molar-refractivity contribution in [2.24, 2.45) is 4.99 Å². The number of ether oxygens (including phenoxy) is 1. The summed E-state index contributed by atoms with van der Waals surface area (Å²) in [6.07, 6.45) is 1.73. The average molecular weight is 373 g/mol. The van der Waals surface area contributed by atoms with Crippen LogP contribution in [-0.2, 0) is 5.41 Å². The van der Waals surface area contributed by atoms with E-state index in [-0.39, 0.29) is 11.2 Å². The van der Waals surface area contributed by atoms with Gasteiger partial charge < -0.3 is 9.84 Å². The Labute approximate surface area is 167 Å². The van der Waals surface area contributed by atoms with Crippen LogP contribution < -0.4 is 4.74 Å². The summed E-state index contributed by atoms with van der Waals surface area (Å²) in [6, 6.07) is 19.9. The number of nitrogens with zero attached hydrogens (tertiary/aromatic N) is 1. The second kappa shape index (κ2) is 7.89. The second-order valence-corrected chi connectivity index (χ2v) is 7.97. The van der Waals surface area contributed by atoms with Gasteiger partial charge >= 0.3 is 0 Å². The molecular weight excluding hydrogens is 346 g/mol. The maximum absolute atomic E-state index is 10.7. The largest absolute Gasteiger partial charge is 0.507 e. The fraction of sp³-hybridized carbons (Fsp3) is 0.240. The van der Waals surface area contributed by atoms with Crippen LogP contribution in [0.2, 0.25) is 0 Å². The van der Waals surface area contributed by atoms with Crippen molar-refractivity contribution in [2.45, 2.75) is 33.1 Å². The first-order valence-corrected chi connectivity index (χ1v) is 9.42. The van der Waals surface area contributed by atoms with Gasteiger partial charge in [0.15, 0.2) is 0 Å². The SMILES string of the molecule is COc1ccccc1-c1cc(C)ccc1N=Cc1cccc(C(C)(C)C)c1O. The van der Waals surface area contributed by atoms with Gasteiger partial charge in [0.25, 0.3) is 0 Å². The molecular formula is C25H27NO2. The van der Waals surface area contributed by atoms with Gasteiger partial charge in [-0.15, -0.1) is 0 Å². The molecule has 0 heterocycles. The predicted octanol–water partition coefficient (Wildman–Crippen LogP) is 6.42. The van der Waals surface area contributed by atoms with Crippen molar-refractivity contribution in [2.75, 3.05) is 7.11 Å². The molecule has 0 bridgehead atoms. The van der Waals surface area contributed by atoms with Crippen molar-refractivity contribution < 1.29 is 9.84 Å². The smallest absolute Gasteiger partial charge is 0.128 e. The molecule has 0 aliphatic heterocycles. The Morgan fingerprint density at radius 2 is 1.68 bits per heavy atom. The number of hydrogen-bond acceptors (Lipinski definition) is 3. The molecule has 0 saturated heterocycles. The van der Waals surface area contributed by atoms with Crippen molar-refractivity contribution in [3.8, 4) is 22.6 Å². The van der Waals surface area contributed by atoms with Gasteiger partial charge in [-0.1, -0.05) is 62.7 Å². The van der Waals surface area contributed by atoms with Crippen LogP contribution in [0, 0.1) is 6.92 Å². The van der Waals surface area contributed by atoms with Crippen LogP contribution in [0.3, 0.4) is 0 Å². The highest BCUT2D eigenvalue weighted by molar-refractivity contribution is 5.89. The first kappa shape index (κ1) is 19.7. The summed E-state index contributed by atoms with van der Waals surface area (Å²) in [4.78, 5) is 4.71. The van der Waals surface area contributed by atoms with E-state index in [4.69, 9.17) is 9.73 Å². The third-order valence-corrected chi connectivity index (χ3v) is 4.77. The Morgan fingerprint density at radius 3 is 2.39 bits per heavy atom. The first-order valence-electron chi connectivity index (χ1n) is 9.42. The number of aliphatic imine (C=N–C) groups is 1. The molecule has 0 unspecified atom stereocenters. The second-order valence-electron chi connectivity index (χ2n) is 7.97. The Hall–Kier alpha value is -3.07. The zero-order valence-corrected chi connectivity index (χ0v) is 17.2. The molecule has 1 N–H and O–H groups in total. The van der Waals surface area contributed by atoms with Crippen LogP contribution in [0.4, 0.5) is 5.69 Å². The maximum atomic E-state index is 10.7. The monoisotopic (exact) mass is 373 g/mol.